The van der Waals surface area contributed by atoms with Gasteiger partial charge in [0.1, 0.15) is 30.5 Å². The van der Waals surface area contributed by atoms with Crippen molar-refractivity contribution in [3.8, 4) is 5.75 Å². The molecule has 4 heterocycles. The van der Waals surface area contributed by atoms with Crippen molar-refractivity contribution < 1.29 is 76.4 Å². The van der Waals surface area contributed by atoms with Crippen molar-refractivity contribution >= 4 is 26.0 Å². The van der Waals surface area contributed by atoms with Gasteiger partial charge in [-0.05, 0) is 55.6 Å². The number of aliphatic hydroxyl groups excluding tert-OH is 1. The normalized spacial score (nSPS) is 32.2. The van der Waals surface area contributed by atoms with Gasteiger partial charge >= 0.3 is 11.9 Å². The molecule has 392 valence electrons. The summed E-state index contributed by atoms with van der Waals surface area (Å²) in [7, 11) is 1.05. The molecule has 0 saturated carbocycles. The highest BCUT2D eigenvalue weighted by Gasteiger charge is 2.54. The van der Waals surface area contributed by atoms with Crippen LogP contribution < -0.4 is 4.74 Å². The molecule has 2 N–H and O–H groups in total. The molecule has 17 heteroatoms. The van der Waals surface area contributed by atoms with E-state index >= 15 is 0 Å². The summed E-state index contributed by atoms with van der Waals surface area (Å²) in [6.07, 6.45) is -0.320. The summed E-state index contributed by atoms with van der Waals surface area (Å²) in [5.74, 6) is -4.00. The zero-order valence-electron chi connectivity index (χ0n) is 43.5. The van der Waals surface area contributed by atoms with Crippen LogP contribution in [0.15, 0.2) is 36.4 Å². The molecule has 4 saturated heterocycles. The van der Waals surface area contributed by atoms with Crippen LogP contribution in [-0.4, -0.2) is 136 Å². The minimum atomic E-state index is -2.24. The van der Waals surface area contributed by atoms with Crippen molar-refractivity contribution in [3.05, 3.63) is 42.0 Å². The molecule has 69 heavy (non-hydrogen) atoms. The van der Waals surface area contributed by atoms with Crippen molar-refractivity contribution in [3.63, 3.8) is 0 Å². The molecular weight excluding hydrogens is 909 g/mol. The average molecular weight is 993 g/mol. The van der Waals surface area contributed by atoms with Crippen LogP contribution >= 0.6 is 0 Å². The number of ketones is 1. The van der Waals surface area contributed by atoms with Gasteiger partial charge < -0.3 is 62.0 Å². The first-order valence-corrected chi connectivity index (χ1v) is 27.8. The summed E-state index contributed by atoms with van der Waals surface area (Å²) in [5, 5.41) is 21.3. The first kappa shape index (κ1) is 57.1. The van der Waals surface area contributed by atoms with Crippen LogP contribution in [0.3, 0.4) is 0 Å². The lowest BCUT2D eigenvalue weighted by Gasteiger charge is -2.52. The van der Waals surface area contributed by atoms with E-state index in [0.717, 1.165) is 11.3 Å². The van der Waals surface area contributed by atoms with E-state index in [4.69, 9.17) is 51.8 Å². The molecule has 4 aliphatic rings. The van der Waals surface area contributed by atoms with E-state index in [2.05, 4.69) is 40.4 Å². The summed E-state index contributed by atoms with van der Waals surface area (Å²) >= 11 is 0. The van der Waals surface area contributed by atoms with Crippen LogP contribution in [0.1, 0.15) is 132 Å². The van der Waals surface area contributed by atoms with Gasteiger partial charge in [0, 0.05) is 91.3 Å². The molecular formula is C52H84O16Si. The molecule has 0 radical (unpaired) electrons. The maximum absolute atomic E-state index is 14.5. The van der Waals surface area contributed by atoms with Crippen LogP contribution in [0.2, 0.25) is 18.1 Å². The molecule has 0 aromatic heterocycles. The van der Waals surface area contributed by atoms with E-state index in [1.165, 1.54) is 13.8 Å². The molecule has 1 aromatic carbocycles. The van der Waals surface area contributed by atoms with Gasteiger partial charge in [0.25, 0.3) is 0 Å². The van der Waals surface area contributed by atoms with E-state index < -0.39 is 85.9 Å². The predicted molar refractivity (Wildman–Crippen MR) is 259 cm³/mol. The molecule has 4 aliphatic heterocycles. The van der Waals surface area contributed by atoms with Gasteiger partial charge in [0.2, 0.25) is 0 Å². The lowest BCUT2D eigenvalue weighted by molar-refractivity contribution is -0.350. The monoisotopic (exact) mass is 993 g/mol. The number of carbonyl (C=O) groups is 3. The molecule has 16 nitrogen and oxygen atoms in total. The number of benzene rings is 1. The number of Topliss-reactive ketones (excluding diaryl/α,β-unsaturated/α-hetero) is 1. The number of hydrogen-bond donors (Lipinski definition) is 2. The minimum absolute atomic E-state index is 0.0180. The largest absolute Gasteiger partial charge is 0.497 e. The Morgan fingerprint density at radius 1 is 0.812 bits per heavy atom. The van der Waals surface area contributed by atoms with Crippen molar-refractivity contribution in [2.24, 2.45) is 11.8 Å². The molecule has 0 bridgehead atoms. The van der Waals surface area contributed by atoms with Crippen molar-refractivity contribution in [1.82, 2.24) is 0 Å². The van der Waals surface area contributed by atoms with Crippen molar-refractivity contribution in [2.45, 2.75) is 217 Å². The standard InChI is InChI=1S/C52H84O16Si/c1-33(20-44-25-50(9,57)31-52(66-44)27-43(62-36(4)54)21-40(64-52)18-19-53)34(2)48(63-37(5)55)35(3)47(56)24-41-22-42(59-11)26-51(65-41)28-45(68-69(12,13)49(6,7)8)23-46(67-51)30-61-32-60-29-38-14-16-39(58-10)17-15-38/h14-17,34-35,40-46,48,53,57H,1,18-32H2,2-13H3/t34-,35-,40+,41+,42+,43+,44+,45+,46-,48+,50+,51+,52-/m1/s1. The fourth-order valence-electron chi connectivity index (χ4n) is 10.4. The molecule has 0 amide bonds. The SMILES string of the molecule is C=C(C[C@H]1C[C@](C)(O)C[C@@]2(C[C@@H](OC(C)=O)C[C@H](CCO)O2)O1)[C@@H](C)[C@H](OC(C)=O)[C@H](C)C(=O)C[C@@H]1C[C@H](OC)C[C@]2(C[C@@H](O[Si](C)(C)C(C)(C)C)C[C@H](COCOCc3ccc(OC)cc3)O2)O1. The molecule has 5 rings (SSSR count). The van der Waals surface area contributed by atoms with Gasteiger partial charge in [-0.2, -0.15) is 0 Å². The topological polar surface area (TPSA) is 193 Å². The smallest absolute Gasteiger partial charge is 0.302 e. The van der Waals surface area contributed by atoms with Crippen LogP contribution in [0.4, 0.5) is 0 Å². The third kappa shape index (κ3) is 16.3. The Morgan fingerprint density at radius 2 is 1.42 bits per heavy atom. The Kier molecular flexibility index (Phi) is 20.1. The van der Waals surface area contributed by atoms with Crippen LogP contribution in [0.5, 0.6) is 5.75 Å². The predicted octanol–water partition coefficient (Wildman–Crippen LogP) is 7.87. The minimum Gasteiger partial charge on any atom is -0.497 e. The van der Waals surface area contributed by atoms with Gasteiger partial charge in [0.15, 0.2) is 19.9 Å². The second-order valence-electron chi connectivity index (χ2n) is 21.9. The molecule has 13 atom stereocenters. The second-order valence-corrected chi connectivity index (χ2v) is 26.7. The number of methoxy groups -OCH3 is 2. The lowest BCUT2D eigenvalue weighted by Crippen LogP contribution is -2.58. The number of ether oxygens (including phenoxy) is 10. The Bertz CT molecular complexity index is 1850. The Morgan fingerprint density at radius 3 is 2.04 bits per heavy atom. The number of esters is 2. The van der Waals surface area contributed by atoms with Crippen LogP contribution in [-0.2, 0) is 68.0 Å². The van der Waals surface area contributed by atoms with Gasteiger partial charge in [-0.1, -0.05) is 58.9 Å². The maximum Gasteiger partial charge on any atom is 0.302 e. The zero-order valence-corrected chi connectivity index (χ0v) is 44.5. The highest BCUT2D eigenvalue weighted by atomic mass is 28.4. The summed E-state index contributed by atoms with van der Waals surface area (Å²) < 4.78 is 68.6. The van der Waals surface area contributed by atoms with Crippen LogP contribution in [0.25, 0.3) is 0 Å². The first-order chi connectivity index (χ1) is 32.3. The van der Waals surface area contributed by atoms with E-state index in [1.807, 2.05) is 31.2 Å². The number of rotatable bonds is 22. The van der Waals surface area contributed by atoms with E-state index in [9.17, 15) is 24.6 Å². The summed E-state index contributed by atoms with van der Waals surface area (Å²) in [6, 6.07) is 7.67. The Hall–Kier alpha value is -2.81. The first-order valence-electron chi connectivity index (χ1n) is 24.9. The third-order valence-electron chi connectivity index (χ3n) is 14.7. The summed E-state index contributed by atoms with van der Waals surface area (Å²) in [5.41, 5.74) is 0.445. The van der Waals surface area contributed by atoms with Gasteiger partial charge in [-0.15, -0.1) is 0 Å². The van der Waals surface area contributed by atoms with Gasteiger partial charge in [-0.25, -0.2) is 0 Å². The third-order valence-corrected chi connectivity index (χ3v) is 19.2. The molecule has 0 unspecified atom stereocenters. The Balaban J connectivity index is 1.27. The van der Waals surface area contributed by atoms with E-state index in [0.29, 0.717) is 50.7 Å². The summed E-state index contributed by atoms with van der Waals surface area (Å²) in [6.45, 7) is 24.1. The molecule has 2 spiro atoms. The average Bonchev–Trinajstić information content (AvgIpc) is 3.23. The highest BCUT2D eigenvalue weighted by Crippen LogP contribution is 2.48. The maximum atomic E-state index is 14.5. The second kappa shape index (κ2) is 24.3. The molecule has 0 aliphatic carbocycles. The highest BCUT2D eigenvalue weighted by molar-refractivity contribution is 6.74. The van der Waals surface area contributed by atoms with Crippen molar-refractivity contribution in [2.75, 3.05) is 34.2 Å². The molecule has 1 aromatic rings. The number of aliphatic hydroxyl groups is 2. The number of hydrogen-bond acceptors (Lipinski definition) is 16. The Labute approximate surface area is 411 Å². The van der Waals surface area contributed by atoms with E-state index in [1.54, 1.807) is 28.1 Å². The van der Waals surface area contributed by atoms with E-state index in [-0.39, 0.29) is 75.1 Å². The summed E-state index contributed by atoms with van der Waals surface area (Å²) in [4.78, 5) is 39.2. The van der Waals surface area contributed by atoms with Gasteiger partial charge in [-0.3, -0.25) is 14.4 Å². The van der Waals surface area contributed by atoms with Gasteiger partial charge in [0.05, 0.1) is 68.5 Å². The van der Waals surface area contributed by atoms with Crippen molar-refractivity contribution in [1.29, 1.82) is 0 Å². The fourth-order valence-corrected chi connectivity index (χ4v) is 11.8. The fraction of sp³-hybridized carbons (Fsp3) is 0.788. The molecule has 4 fully saturated rings. The number of carbonyl (C=O) groups excluding carboxylic acids is 3. The zero-order chi connectivity index (χ0) is 51.0. The lowest BCUT2D eigenvalue weighted by atomic mass is 9.78. The quantitative estimate of drug-likeness (QED) is 0.0374. The van der Waals surface area contributed by atoms with Crippen LogP contribution in [0, 0.1) is 11.8 Å².